The molecule has 1 atom stereocenters. The molecule has 28 heavy (non-hydrogen) atoms. The van der Waals surface area contributed by atoms with Crippen LogP contribution in [-0.2, 0) is 9.59 Å². The first kappa shape index (κ1) is 18.4. The Hall–Kier alpha value is -2.96. The average Bonchev–Trinajstić information content (AvgIpc) is 3.00. The molecule has 1 unspecified atom stereocenters. The van der Waals surface area contributed by atoms with Crippen molar-refractivity contribution in [2.45, 2.75) is 31.3 Å². The highest BCUT2D eigenvalue weighted by atomic mass is 19.1. The van der Waals surface area contributed by atoms with E-state index in [1.165, 1.54) is 6.07 Å². The second-order valence-electron chi connectivity index (χ2n) is 7.11. The van der Waals surface area contributed by atoms with Gasteiger partial charge in [-0.3, -0.25) is 9.59 Å². The number of para-hydroxylation sites is 1. The minimum absolute atomic E-state index is 0.0189. The van der Waals surface area contributed by atoms with Gasteiger partial charge in [-0.15, -0.1) is 0 Å². The summed E-state index contributed by atoms with van der Waals surface area (Å²) >= 11 is 0. The molecule has 0 spiro atoms. The summed E-state index contributed by atoms with van der Waals surface area (Å²) in [4.78, 5) is 26.6. The van der Waals surface area contributed by atoms with Gasteiger partial charge >= 0.3 is 0 Å². The minimum atomic E-state index is -0.732. The third-order valence-corrected chi connectivity index (χ3v) is 5.27. The standard InChI is InChI=1S/C21H20F2N2O3/c22-13-5-6-19(17(23)11-13)28-14-7-9-25(10-8-14)20(26)12-16-15-3-1-2-4-18(15)24-21(16)27/h1-6,11,14,16H,7-10,12H2,(H,24,27). The second kappa shape index (κ2) is 7.58. The molecule has 2 amide bonds. The molecule has 1 fully saturated rings. The van der Waals surface area contributed by atoms with Crippen LogP contribution in [0.3, 0.4) is 0 Å². The van der Waals surface area contributed by atoms with Crippen LogP contribution in [0.5, 0.6) is 5.75 Å². The van der Waals surface area contributed by atoms with Gasteiger partial charge in [-0.1, -0.05) is 18.2 Å². The van der Waals surface area contributed by atoms with Crippen LogP contribution >= 0.6 is 0 Å². The molecule has 0 radical (unpaired) electrons. The van der Waals surface area contributed by atoms with Crippen molar-refractivity contribution in [3.05, 3.63) is 59.7 Å². The fraction of sp³-hybridized carbons (Fsp3) is 0.333. The normalized spacial score (nSPS) is 19.3. The Balaban J connectivity index is 1.32. The van der Waals surface area contributed by atoms with Crippen molar-refractivity contribution in [3.63, 3.8) is 0 Å². The van der Waals surface area contributed by atoms with E-state index in [0.29, 0.717) is 25.9 Å². The molecule has 0 aromatic heterocycles. The summed E-state index contributed by atoms with van der Waals surface area (Å²) in [7, 11) is 0. The van der Waals surface area contributed by atoms with E-state index < -0.39 is 17.6 Å². The Morgan fingerprint density at radius 3 is 2.64 bits per heavy atom. The molecular formula is C21H20F2N2O3. The van der Waals surface area contributed by atoms with Gasteiger partial charge < -0.3 is 15.0 Å². The number of nitrogens with one attached hydrogen (secondary N) is 1. The molecule has 2 aromatic carbocycles. The second-order valence-corrected chi connectivity index (χ2v) is 7.11. The number of anilines is 1. The van der Waals surface area contributed by atoms with Gasteiger partial charge in [-0.2, -0.15) is 0 Å². The lowest BCUT2D eigenvalue weighted by molar-refractivity contribution is -0.135. The molecule has 0 bridgehead atoms. The molecule has 0 aliphatic carbocycles. The zero-order valence-electron chi connectivity index (χ0n) is 15.2. The van der Waals surface area contributed by atoms with Crippen molar-refractivity contribution >= 4 is 17.5 Å². The van der Waals surface area contributed by atoms with Gasteiger partial charge in [0.05, 0.1) is 5.92 Å². The zero-order valence-corrected chi connectivity index (χ0v) is 15.2. The van der Waals surface area contributed by atoms with Crippen LogP contribution in [0, 0.1) is 11.6 Å². The van der Waals surface area contributed by atoms with Crippen LogP contribution in [0.4, 0.5) is 14.5 Å². The number of halogens is 2. The minimum Gasteiger partial charge on any atom is -0.487 e. The number of hydrogen-bond acceptors (Lipinski definition) is 3. The van der Waals surface area contributed by atoms with Crippen LogP contribution in [0.25, 0.3) is 0 Å². The molecule has 1 saturated heterocycles. The van der Waals surface area contributed by atoms with E-state index in [9.17, 15) is 18.4 Å². The fourth-order valence-electron chi connectivity index (χ4n) is 3.76. The van der Waals surface area contributed by atoms with Gasteiger partial charge in [0.25, 0.3) is 0 Å². The number of likely N-dealkylation sites (tertiary alicyclic amines) is 1. The zero-order chi connectivity index (χ0) is 19.7. The molecule has 1 N–H and O–H groups in total. The van der Waals surface area contributed by atoms with Gasteiger partial charge in [-0.25, -0.2) is 8.78 Å². The molecule has 4 rings (SSSR count). The smallest absolute Gasteiger partial charge is 0.232 e. The van der Waals surface area contributed by atoms with Gasteiger partial charge in [-0.05, 0) is 23.8 Å². The summed E-state index contributed by atoms with van der Waals surface area (Å²) in [6.45, 7) is 0.949. The lowest BCUT2D eigenvalue weighted by Crippen LogP contribution is -2.42. The summed E-state index contributed by atoms with van der Waals surface area (Å²) in [5.41, 5.74) is 1.62. The number of benzene rings is 2. The number of ether oxygens (including phenoxy) is 1. The number of fused-ring (bicyclic) bond motifs is 1. The monoisotopic (exact) mass is 386 g/mol. The van der Waals surface area contributed by atoms with Crippen molar-refractivity contribution in [1.29, 1.82) is 0 Å². The Bertz CT molecular complexity index is 910. The van der Waals surface area contributed by atoms with Crippen molar-refractivity contribution < 1.29 is 23.1 Å². The van der Waals surface area contributed by atoms with Crippen LogP contribution < -0.4 is 10.1 Å². The van der Waals surface area contributed by atoms with Crippen LogP contribution in [0.1, 0.15) is 30.7 Å². The summed E-state index contributed by atoms with van der Waals surface area (Å²) in [5, 5.41) is 2.81. The van der Waals surface area contributed by atoms with Crippen LogP contribution in [0.15, 0.2) is 42.5 Å². The first-order chi connectivity index (χ1) is 13.5. The van der Waals surface area contributed by atoms with E-state index in [2.05, 4.69) is 5.32 Å². The highest BCUT2D eigenvalue weighted by Gasteiger charge is 2.34. The van der Waals surface area contributed by atoms with Crippen molar-refractivity contribution in [1.82, 2.24) is 4.90 Å². The third-order valence-electron chi connectivity index (χ3n) is 5.27. The van der Waals surface area contributed by atoms with E-state index in [1.807, 2.05) is 24.3 Å². The third kappa shape index (κ3) is 3.69. The Kier molecular flexibility index (Phi) is 4.98. The summed E-state index contributed by atoms with van der Waals surface area (Å²) in [6.07, 6.45) is 0.993. The molecule has 2 aromatic rings. The maximum absolute atomic E-state index is 13.7. The van der Waals surface area contributed by atoms with Gasteiger partial charge in [0, 0.05) is 44.1 Å². The Labute approximate surface area is 161 Å². The lowest BCUT2D eigenvalue weighted by atomic mass is 9.96. The number of carbonyl (C=O) groups is 2. The van der Waals surface area contributed by atoms with E-state index in [-0.39, 0.29) is 30.1 Å². The van der Waals surface area contributed by atoms with Crippen LogP contribution in [0.2, 0.25) is 0 Å². The number of hydrogen-bond donors (Lipinski definition) is 1. The number of rotatable bonds is 4. The maximum Gasteiger partial charge on any atom is 0.232 e. The van der Waals surface area contributed by atoms with Crippen LogP contribution in [-0.4, -0.2) is 35.9 Å². The molecule has 2 aliphatic heterocycles. The maximum atomic E-state index is 13.7. The number of amides is 2. The van der Waals surface area contributed by atoms with Gasteiger partial charge in [0.15, 0.2) is 11.6 Å². The number of carbonyl (C=O) groups excluding carboxylic acids is 2. The summed E-state index contributed by atoms with van der Waals surface area (Å²) in [5.74, 6) is -2.06. The summed E-state index contributed by atoms with van der Waals surface area (Å²) < 4.78 is 32.3. The first-order valence-electron chi connectivity index (χ1n) is 9.30. The van der Waals surface area contributed by atoms with E-state index >= 15 is 0 Å². The van der Waals surface area contributed by atoms with Crippen molar-refractivity contribution in [3.8, 4) is 5.75 Å². The first-order valence-corrected chi connectivity index (χ1v) is 9.30. The molecule has 2 heterocycles. The van der Waals surface area contributed by atoms with Gasteiger partial charge in [0.1, 0.15) is 11.9 Å². The van der Waals surface area contributed by atoms with Gasteiger partial charge in [0.2, 0.25) is 11.8 Å². The number of piperidine rings is 1. The van der Waals surface area contributed by atoms with E-state index in [4.69, 9.17) is 4.74 Å². The molecular weight excluding hydrogens is 366 g/mol. The molecule has 7 heteroatoms. The molecule has 146 valence electrons. The molecule has 2 aliphatic rings. The lowest BCUT2D eigenvalue weighted by Gasteiger charge is -2.32. The topological polar surface area (TPSA) is 58.6 Å². The predicted octanol–water partition coefficient (Wildman–Crippen LogP) is 3.46. The van der Waals surface area contributed by atoms with Crippen molar-refractivity contribution in [2.24, 2.45) is 0 Å². The van der Waals surface area contributed by atoms with Crippen molar-refractivity contribution in [2.75, 3.05) is 18.4 Å². The highest BCUT2D eigenvalue weighted by molar-refractivity contribution is 6.04. The Morgan fingerprint density at radius 2 is 1.89 bits per heavy atom. The SMILES string of the molecule is O=C1Nc2ccccc2C1CC(=O)N1CCC(Oc2ccc(F)cc2F)CC1. The average molecular weight is 386 g/mol. The fourth-order valence-corrected chi connectivity index (χ4v) is 3.76. The predicted molar refractivity (Wildman–Crippen MR) is 99.0 cm³/mol. The highest BCUT2D eigenvalue weighted by Crippen LogP contribution is 2.35. The Morgan fingerprint density at radius 1 is 1.14 bits per heavy atom. The quantitative estimate of drug-likeness (QED) is 0.876. The number of nitrogens with zero attached hydrogens (tertiary/aromatic N) is 1. The molecule has 5 nitrogen and oxygen atoms in total. The van der Waals surface area contributed by atoms with E-state index in [1.54, 1.807) is 4.90 Å². The summed E-state index contributed by atoms with van der Waals surface area (Å²) in [6, 6.07) is 10.6. The largest absolute Gasteiger partial charge is 0.487 e. The molecule has 0 saturated carbocycles. The van der Waals surface area contributed by atoms with E-state index in [0.717, 1.165) is 23.4 Å².